The van der Waals surface area contributed by atoms with Crippen molar-refractivity contribution in [1.29, 1.82) is 0 Å². The van der Waals surface area contributed by atoms with Crippen LogP contribution in [0, 0.1) is 6.92 Å². The quantitative estimate of drug-likeness (QED) is 0.629. The topological polar surface area (TPSA) is 58.6 Å². The fraction of sp³-hybridized carbons (Fsp3) is 0.286. The SMILES string of the molecule is COC(=O)c1nc2ccccc2nc1N1CCN(c2cc(Cl)ccc2C)CC1. The smallest absolute Gasteiger partial charge is 0.360 e. The minimum Gasteiger partial charge on any atom is -0.464 e. The van der Waals surface area contributed by atoms with Gasteiger partial charge in [-0.3, -0.25) is 0 Å². The van der Waals surface area contributed by atoms with Crippen LogP contribution in [-0.2, 0) is 4.74 Å². The Bertz CT molecular complexity index is 1030. The number of carbonyl (C=O) groups is 1. The first-order valence-electron chi connectivity index (χ1n) is 9.18. The van der Waals surface area contributed by atoms with E-state index in [1.165, 1.54) is 12.7 Å². The lowest BCUT2D eigenvalue weighted by Crippen LogP contribution is -2.47. The van der Waals surface area contributed by atoms with Crippen molar-refractivity contribution in [1.82, 2.24) is 9.97 Å². The molecule has 144 valence electrons. The molecule has 0 aliphatic carbocycles. The zero-order chi connectivity index (χ0) is 19.7. The number of aromatic nitrogens is 2. The molecule has 4 rings (SSSR count). The minimum absolute atomic E-state index is 0.258. The predicted molar refractivity (Wildman–Crippen MR) is 111 cm³/mol. The van der Waals surface area contributed by atoms with Gasteiger partial charge in [0.15, 0.2) is 11.5 Å². The van der Waals surface area contributed by atoms with Crippen molar-refractivity contribution in [2.45, 2.75) is 6.92 Å². The molecule has 2 aromatic carbocycles. The number of esters is 1. The fourth-order valence-electron chi connectivity index (χ4n) is 3.53. The van der Waals surface area contributed by atoms with Gasteiger partial charge in [0, 0.05) is 36.9 Å². The number of carbonyl (C=O) groups excluding carboxylic acids is 1. The predicted octanol–water partition coefficient (Wildman–Crippen LogP) is 3.70. The number of piperazine rings is 1. The molecule has 7 heteroatoms. The molecule has 0 spiro atoms. The Labute approximate surface area is 168 Å². The molecule has 1 fully saturated rings. The van der Waals surface area contributed by atoms with Crippen molar-refractivity contribution in [2.75, 3.05) is 43.1 Å². The average molecular weight is 397 g/mol. The van der Waals surface area contributed by atoms with Crippen LogP contribution in [0.25, 0.3) is 11.0 Å². The van der Waals surface area contributed by atoms with Crippen molar-refractivity contribution >= 4 is 40.1 Å². The Morgan fingerprint density at radius 3 is 2.32 bits per heavy atom. The monoisotopic (exact) mass is 396 g/mol. The van der Waals surface area contributed by atoms with E-state index in [1.54, 1.807) is 0 Å². The minimum atomic E-state index is -0.471. The second-order valence-electron chi connectivity index (χ2n) is 6.78. The number of benzene rings is 2. The van der Waals surface area contributed by atoms with Gasteiger partial charge in [0.25, 0.3) is 0 Å². The summed E-state index contributed by atoms with van der Waals surface area (Å²) in [6.07, 6.45) is 0. The average Bonchev–Trinajstić information content (AvgIpc) is 2.74. The second kappa shape index (κ2) is 7.64. The van der Waals surface area contributed by atoms with Gasteiger partial charge in [-0.05, 0) is 36.8 Å². The molecule has 1 aliphatic rings. The zero-order valence-corrected chi connectivity index (χ0v) is 16.6. The first kappa shape index (κ1) is 18.5. The van der Waals surface area contributed by atoms with Crippen molar-refractivity contribution in [3.8, 4) is 0 Å². The second-order valence-corrected chi connectivity index (χ2v) is 7.22. The Hall–Kier alpha value is -2.86. The summed E-state index contributed by atoms with van der Waals surface area (Å²) in [6.45, 7) is 5.14. The molecule has 3 aromatic rings. The summed E-state index contributed by atoms with van der Waals surface area (Å²) in [5.41, 5.74) is 4.04. The van der Waals surface area contributed by atoms with Crippen LogP contribution >= 0.6 is 11.6 Å². The molecule has 0 bridgehead atoms. The number of rotatable bonds is 3. The third-order valence-corrected chi connectivity index (χ3v) is 5.26. The molecule has 28 heavy (non-hydrogen) atoms. The van der Waals surface area contributed by atoms with E-state index in [1.807, 2.05) is 42.5 Å². The van der Waals surface area contributed by atoms with E-state index < -0.39 is 5.97 Å². The maximum Gasteiger partial charge on any atom is 0.360 e. The number of nitrogens with zero attached hydrogens (tertiary/aromatic N) is 4. The summed E-state index contributed by atoms with van der Waals surface area (Å²) in [5.74, 6) is 0.106. The van der Waals surface area contributed by atoms with E-state index >= 15 is 0 Å². The van der Waals surface area contributed by atoms with Gasteiger partial charge < -0.3 is 14.5 Å². The van der Waals surface area contributed by atoms with Crippen LogP contribution in [0.3, 0.4) is 0 Å². The lowest BCUT2D eigenvalue weighted by molar-refractivity contribution is 0.0595. The van der Waals surface area contributed by atoms with Crippen LogP contribution in [0.4, 0.5) is 11.5 Å². The van der Waals surface area contributed by atoms with Crippen LogP contribution in [0.2, 0.25) is 5.02 Å². The molecule has 0 N–H and O–H groups in total. The Morgan fingerprint density at radius 2 is 1.64 bits per heavy atom. The normalized spacial score (nSPS) is 14.4. The first-order chi connectivity index (χ1) is 13.6. The number of halogens is 1. The van der Waals surface area contributed by atoms with E-state index in [2.05, 4.69) is 21.7 Å². The number of methoxy groups -OCH3 is 1. The lowest BCUT2D eigenvalue weighted by atomic mass is 10.1. The lowest BCUT2D eigenvalue weighted by Gasteiger charge is -2.37. The van der Waals surface area contributed by atoms with Gasteiger partial charge in [0.2, 0.25) is 0 Å². The van der Waals surface area contributed by atoms with Gasteiger partial charge in [0.1, 0.15) is 0 Å². The number of aryl methyl sites for hydroxylation is 1. The number of para-hydroxylation sites is 2. The van der Waals surface area contributed by atoms with Crippen molar-refractivity contribution < 1.29 is 9.53 Å². The third-order valence-electron chi connectivity index (χ3n) is 5.02. The highest BCUT2D eigenvalue weighted by Crippen LogP contribution is 2.27. The number of anilines is 2. The van der Waals surface area contributed by atoms with Gasteiger partial charge in [-0.2, -0.15) is 0 Å². The van der Waals surface area contributed by atoms with Crippen molar-refractivity contribution in [3.63, 3.8) is 0 Å². The van der Waals surface area contributed by atoms with Gasteiger partial charge in [-0.15, -0.1) is 0 Å². The fourth-order valence-corrected chi connectivity index (χ4v) is 3.69. The molecule has 0 atom stereocenters. The maximum absolute atomic E-state index is 12.3. The van der Waals surface area contributed by atoms with E-state index in [-0.39, 0.29) is 5.69 Å². The molecular formula is C21H21ClN4O2. The molecule has 0 amide bonds. The highest BCUT2D eigenvalue weighted by Gasteiger charge is 2.26. The Kier molecular flexibility index (Phi) is 5.05. The molecule has 0 radical (unpaired) electrons. The van der Waals surface area contributed by atoms with Crippen LogP contribution < -0.4 is 9.80 Å². The van der Waals surface area contributed by atoms with Gasteiger partial charge in [-0.1, -0.05) is 29.8 Å². The van der Waals surface area contributed by atoms with E-state index in [9.17, 15) is 4.79 Å². The molecule has 2 heterocycles. The molecular weight excluding hydrogens is 376 g/mol. The third kappa shape index (κ3) is 3.47. The number of fused-ring (bicyclic) bond motifs is 1. The van der Waals surface area contributed by atoms with Gasteiger partial charge >= 0.3 is 5.97 Å². The summed E-state index contributed by atoms with van der Waals surface area (Å²) in [5, 5.41) is 0.733. The number of hydrogen-bond donors (Lipinski definition) is 0. The van der Waals surface area contributed by atoms with E-state index in [4.69, 9.17) is 21.3 Å². The van der Waals surface area contributed by atoms with Crippen LogP contribution in [0.15, 0.2) is 42.5 Å². The summed E-state index contributed by atoms with van der Waals surface area (Å²) in [6, 6.07) is 13.5. The summed E-state index contributed by atoms with van der Waals surface area (Å²) in [7, 11) is 1.36. The van der Waals surface area contributed by atoms with Crippen LogP contribution in [-0.4, -0.2) is 49.2 Å². The number of ether oxygens (including phenoxy) is 1. The standard InChI is InChI=1S/C21H21ClN4O2/c1-14-7-8-15(22)13-18(14)25-9-11-26(12-10-25)20-19(21(27)28-2)23-16-5-3-4-6-17(16)24-20/h3-8,13H,9-12H2,1-2H3. The van der Waals surface area contributed by atoms with E-state index in [0.29, 0.717) is 11.3 Å². The van der Waals surface area contributed by atoms with Crippen LogP contribution in [0.1, 0.15) is 16.1 Å². The zero-order valence-electron chi connectivity index (χ0n) is 15.9. The summed E-state index contributed by atoms with van der Waals surface area (Å²) >= 11 is 6.18. The van der Waals surface area contributed by atoms with Crippen molar-refractivity contribution in [3.05, 3.63) is 58.7 Å². The largest absolute Gasteiger partial charge is 0.464 e. The molecule has 6 nitrogen and oxygen atoms in total. The summed E-state index contributed by atoms with van der Waals surface area (Å²) < 4.78 is 4.94. The molecule has 1 saturated heterocycles. The van der Waals surface area contributed by atoms with Crippen LogP contribution in [0.5, 0.6) is 0 Å². The maximum atomic E-state index is 12.3. The van der Waals surface area contributed by atoms with Gasteiger partial charge in [0.05, 0.1) is 18.1 Å². The summed E-state index contributed by atoms with van der Waals surface area (Å²) in [4.78, 5) is 26.0. The molecule has 1 aliphatic heterocycles. The number of hydrogen-bond acceptors (Lipinski definition) is 6. The first-order valence-corrected chi connectivity index (χ1v) is 9.56. The Balaban J connectivity index is 1.63. The Morgan fingerprint density at radius 1 is 1.00 bits per heavy atom. The van der Waals surface area contributed by atoms with Crippen molar-refractivity contribution in [2.24, 2.45) is 0 Å². The molecule has 0 unspecified atom stereocenters. The molecule has 1 aromatic heterocycles. The molecule has 0 saturated carbocycles. The van der Waals surface area contributed by atoms with Gasteiger partial charge in [-0.25, -0.2) is 14.8 Å². The highest BCUT2D eigenvalue weighted by molar-refractivity contribution is 6.30. The van der Waals surface area contributed by atoms with E-state index in [0.717, 1.165) is 42.4 Å². The highest BCUT2D eigenvalue weighted by atomic mass is 35.5.